The monoisotopic (exact) mass is 722 g/mol. The van der Waals surface area contributed by atoms with E-state index < -0.39 is 83.4 Å². The van der Waals surface area contributed by atoms with Crippen LogP contribution in [-0.2, 0) is 19.1 Å². The number of piperidine rings is 1. The molecule has 2 saturated carbocycles. The molecule has 3 atom stereocenters. The maximum absolute atomic E-state index is 14.2. The maximum atomic E-state index is 14.2. The fourth-order valence-electron chi connectivity index (χ4n) is 7.79. The minimum atomic E-state index is -4.73. The number of carbonyl (C=O) groups excluding carboxylic acids is 4. The van der Waals surface area contributed by atoms with Crippen molar-refractivity contribution in [3.8, 4) is 0 Å². The molecule has 1 aromatic heterocycles. The van der Waals surface area contributed by atoms with Crippen LogP contribution in [0.5, 0.6) is 0 Å². The minimum absolute atomic E-state index is 0.0212. The number of halogens is 7. The Bertz CT molecular complexity index is 1440. The predicted octanol–water partition coefficient (Wildman–Crippen LogP) is 3.63. The molecule has 3 aliphatic heterocycles. The molecule has 5 fully saturated rings. The van der Waals surface area contributed by atoms with Gasteiger partial charge in [0.15, 0.2) is 0 Å². The Morgan fingerprint density at radius 3 is 2.10 bits per heavy atom. The predicted molar refractivity (Wildman–Crippen MR) is 160 cm³/mol. The molecule has 11 nitrogen and oxygen atoms in total. The van der Waals surface area contributed by atoms with Crippen molar-refractivity contribution in [1.29, 1.82) is 0 Å². The summed E-state index contributed by atoms with van der Waals surface area (Å²) in [6.07, 6.45) is -5.16. The van der Waals surface area contributed by atoms with E-state index in [0.717, 1.165) is 4.90 Å². The van der Waals surface area contributed by atoms with Crippen LogP contribution in [0.1, 0.15) is 68.6 Å². The van der Waals surface area contributed by atoms with Gasteiger partial charge in [-0.05, 0) is 38.5 Å². The van der Waals surface area contributed by atoms with Gasteiger partial charge in [-0.3, -0.25) is 24.3 Å². The van der Waals surface area contributed by atoms with E-state index >= 15 is 0 Å². The molecule has 4 amide bonds. The first-order chi connectivity index (χ1) is 23.4. The first kappa shape index (κ1) is 36.4. The van der Waals surface area contributed by atoms with E-state index in [1.165, 1.54) is 29.1 Å². The first-order valence-corrected chi connectivity index (χ1v) is 17.0. The molecule has 0 unspecified atom stereocenters. The van der Waals surface area contributed by atoms with Crippen LogP contribution in [-0.4, -0.2) is 125 Å². The summed E-state index contributed by atoms with van der Waals surface area (Å²) in [5.41, 5.74) is -3.40. The van der Waals surface area contributed by atoms with Gasteiger partial charge in [0.25, 0.3) is 11.8 Å². The Morgan fingerprint density at radius 2 is 1.54 bits per heavy atom. The van der Waals surface area contributed by atoms with E-state index in [2.05, 4.69) is 15.5 Å². The summed E-state index contributed by atoms with van der Waals surface area (Å²) in [4.78, 5) is 57.9. The van der Waals surface area contributed by atoms with Gasteiger partial charge in [0.1, 0.15) is 11.5 Å². The van der Waals surface area contributed by atoms with Crippen molar-refractivity contribution >= 4 is 23.6 Å². The summed E-state index contributed by atoms with van der Waals surface area (Å²) in [6.45, 7) is 0.286. The number of likely N-dealkylation sites (tertiary alicyclic amines) is 3. The van der Waals surface area contributed by atoms with Crippen LogP contribution in [0.25, 0.3) is 0 Å². The topological polar surface area (TPSA) is 128 Å². The van der Waals surface area contributed by atoms with Crippen LogP contribution in [0.3, 0.4) is 0 Å². The van der Waals surface area contributed by atoms with Gasteiger partial charge in [-0.1, -0.05) is 0 Å². The van der Waals surface area contributed by atoms with Crippen LogP contribution in [0.4, 0.5) is 30.7 Å². The molecule has 6 rings (SSSR count). The SMILES string of the molecule is C[C@@H](OCC1CCC(F)(F)CC1)[C@H](NC(=O)[C@H]1CN(C(=O)c2cn[nH]c2)CC12CN(C(=O)C1(C(F)(F)F)CC1)C2)C(=O)N1CCC(F)(F)CC1. The number of alkyl halides is 7. The van der Waals surface area contributed by atoms with E-state index in [0.29, 0.717) is 0 Å². The van der Waals surface area contributed by atoms with Gasteiger partial charge < -0.3 is 24.8 Å². The van der Waals surface area contributed by atoms with Crippen molar-refractivity contribution in [2.24, 2.45) is 22.7 Å². The first-order valence-electron chi connectivity index (χ1n) is 17.0. The van der Waals surface area contributed by atoms with Gasteiger partial charge in [0.05, 0.1) is 23.8 Å². The lowest BCUT2D eigenvalue weighted by Gasteiger charge is -2.51. The van der Waals surface area contributed by atoms with Crippen molar-refractivity contribution in [2.75, 3.05) is 45.9 Å². The molecule has 3 saturated heterocycles. The van der Waals surface area contributed by atoms with Crippen molar-refractivity contribution in [2.45, 2.75) is 88.5 Å². The highest BCUT2D eigenvalue weighted by Crippen LogP contribution is 2.60. The third kappa shape index (κ3) is 7.04. The molecule has 278 valence electrons. The number of hydrogen-bond donors (Lipinski definition) is 2. The van der Waals surface area contributed by atoms with Crippen molar-refractivity contribution in [3.05, 3.63) is 18.0 Å². The highest BCUT2D eigenvalue weighted by Gasteiger charge is 2.71. The van der Waals surface area contributed by atoms with Crippen LogP contribution in [0.15, 0.2) is 12.4 Å². The van der Waals surface area contributed by atoms with Gasteiger partial charge in [-0.2, -0.15) is 18.3 Å². The van der Waals surface area contributed by atoms with Crippen LogP contribution in [0, 0.1) is 22.7 Å². The second-order valence-electron chi connectivity index (χ2n) is 14.8. The number of carbonyl (C=O) groups is 4. The Balaban J connectivity index is 1.20. The number of aromatic nitrogens is 2. The molecule has 0 aromatic carbocycles. The van der Waals surface area contributed by atoms with Crippen molar-refractivity contribution in [1.82, 2.24) is 30.2 Å². The molecular weight excluding hydrogens is 681 g/mol. The Labute approximate surface area is 283 Å². The lowest BCUT2D eigenvalue weighted by atomic mass is 9.70. The summed E-state index contributed by atoms with van der Waals surface area (Å²) in [5, 5.41) is 9.00. The summed E-state index contributed by atoms with van der Waals surface area (Å²) in [6, 6.07) is -1.38. The molecule has 1 spiro atoms. The van der Waals surface area contributed by atoms with Crippen molar-refractivity contribution in [3.63, 3.8) is 0 Å². The van der Waals surface area contributed by atoms with E-state index in [1.54, 1.807) is 0 Å². The van der Waals surface area contributed by atoms with E-state index in [4.69, 9.17) is 4.74 Å². The average molecular weight is 723 g/mol. The number of nitrogens with one attached hydrogen (secondary N) is 2. The fraction of sp³-hybridized carbons (Fsp3) is 0.781. The summed E-state index contributed by atoms with van der Waals surface area (Å²) < 4.78 is 103. The maximum Gasteiger partial charge on any atom is 0.403 e. The highest BCUT2D eigenvalue weighted by atomic mass is 19.4. The summed E-state index contributed by atoms with van der Waals surface area (Å²) >= 11 is 0. The lowest BCUT2D eigenvalue weighted by molar-refractivity contribution is -0.205. The number of amides is 4. The zero-order valence-corrected chi connectivity index (χ0v) is 27.5. The van der Waals surface area contributed by atoms with Crippen molar-refractivity contribution < 1.29 is 54.6 Å². The van der Waals surface area contributed by atoms with E-state index in [-0.39, 0.29) is 95.9 Å². The third-order valence-electron chi connectivity index (χ3n) is 11.3. The van der Waals surface area contributed by atoms with Gasteiger partial charge in [-0.15, -0.1) is 0 Å². The second kappa shape index (κ2) is 13.0. The van der Waals surface area contributed by atoms with Crippen LogP contribution < -0.4 is 5.32 Å². The normalized spacial score (nSPS) is 26.6. The van der Waals surface area contributed by atoms with Gasteiger partial charge in [-0.25, -0.2) is 17.6 Å². The number of ether oxygens (including phenoxy) is 1. The highest BCUT2D eigenvalue weighted by molar-refractivity contribution is 5.96. The largest absolute Gasteiger partial charge is 0.403 e. The molecule has 50 heavy (non-hydrogen) atoms. The molecular formula is C32H41F7N6O5. The molecule has 2 aliphatic carbocycles. The van der Waals surface area contributed by atoms with Crippen LogP contribution >= 0.6 is 0 Å². The Hall–Kier alpha value is -3.44. The van der Waals surface area contributed by atoms with Gasteiger partial charge in [0.2, 0.25) is 23.6 Å². The standard InChI is InChI=1S/C32H41F7N6O5/c1-19(50-15-20-2-4-30(33,34)5-3-20)23(26(48)43-10-8-31(35,36)9-11-43)42-24(46)22-14-44(25(47)21-12-40-41-13-21)16-28(22)17-45(18-28)27(49)29(6-7-29)32(37,38)39/h12-13,19-20,22-23H,2-11,14-18H2,1H3,(H,40,41)(H,42,46)/t19-,22-,23+/m1/s1. The molecule has 0 radical (unpaired) electrons. The molecule has 5 aliphatic rings. The van der Waals surface area contributed by atoms with E-state index in [9.17, 15) is 49.9 Å². The number of nitrogens with zero attached hydrogens (tertiary/aromatic N) is 4. The number of hydrogen-bond acceptors (Lipinski definition) is 6. The molecule has 4 heterocycles. The zero-order valence-electron chi connectivity index (χ0n) is 27.5. The second-order valence-corrected chi connectivity index (χ2v) is 14.8. The minimum Gasteiger partial charge on any atom is -0.376 e. The van der Waals surface area contributed by atoms with Gasteiger partial charge >= 0.3 is 6.18 Å². The molecule has 0 bridgehead atoms. The molecule has 18 heteroatoms. The Kier molecular flexibility index (Phi) is 9.42. The van der Waals surface area contributed by atoms with E-state index in [1.807, 2.05) is 0 Å². The Morgan fingerprint density at radius 1 is 0.940 bits per heavy atom. The fourth-order valence-corrected chi connectivity index (χ4v) is 7.79. The molecule has 2 N–H and O–H groups in total. The number of aromatic amines is 1. The smallest absolute Gasteiger partial charge is 0.376 e. The van der Waals surface area contributed by atoms with Crippen LogP contribution in [0.2, 0.25) is 0 Å². The third-order valence-corrected chi connectivity index (χ3v) is 11.3. The number of rotatable bonds is 9. The average Bonchev–Trinajstić information content (AvgIpc) is 3.50. The quantitative estimate of drug-likeness (QED) is 0.375. The van der Waals surface area contributed by atoms with Gasteiger partial charge in [0, 0.05) is 83.2 Å². The lowest BCUT2D eigenvalue weighted by Crippen LogP contribution is -2.67. The summed E-state index contributed by atoms with van der Waals surface area (Å²) in [5.74, 6) is -9.97. The summed E-state index contributed by atoms with van der Waals surface area (Å²) in [7, 11) is 0. The molecule has 1 aromatic rings. The zero-order chi connectivity index (χ0) is 36.3. The number of H-pyrrole nitrogens is 1.